The van der Waals surface area contributed by atoms with E-state index < -0.39 is 6.10 Å². The van der Waals surface area contributed by atoms with Crippen molar-refractivity contribution in [2.24, 2.45) is 0 Å². The fourth-order valence-electron chi connectivity index (χ4n) is 3.04. The van der Waals surface area contributed by atoms with Crippen molar-refractivity contribution in [3.8, 4) is 34.5 Å². The van der Waals surface area contributed by atoms with Crippen molar-refractivity contribution < 1.29 is 33.6 Å². The molecule has 0 fully saturated rings. The lowest BCUT2D eigenvalue weighted by molar-refractivity contribution is 0.0834. The molecule has 0 saturated carbocycles. The van der Waals surface area contributed by atoms with E-state index in [2.05, 4.69) is 0 Å². The summed E-state index contributed by atoms with van der Waals surface area (Å²) in [4.78, 5) is 12.7. The van der Waals surface area contributed by atoms with E-state index in [-0.39, 0.29) is 46.5 Å². The lowest BCUT2D eigenvalue weighted by Crippen LogP contribution is -2.21. The second-order valence-electron chi connectivity index (χ2n) is 5.66. The zero-order chi connectivity index (χ0) is 18.8. The van der Waals surface area contributed by atoms with E-state index in [0.717, 1.165) is 5.56 Å². The first-order valence-electron chi connectivity index (χ1n) is 7.94. The zero-order valence-electron chi connectivity index (χ0n) is 15.0. The molecule has 3 rings (SSSR count). The summed E-state index contributed by atoms with van der Waals surface area (Å²) in [6, 6.07) is 7.24. The Bertz CT molecular complexity index is 827. The number of carbonyl (C=O) groups excluding carboxylic acids is 1. The van der Waals surface area contributed by atoms with Crippen LogP contribution in [0.25, 0.3) is 0 Å². The van der Waals surface area contributed by atoms with Crippen LogP contribution in [-0.2, 0) is 0 Å². The minimum absolute atomic E-state index is 0.0305. The molecule has 138 valence electrons. The summed E-state index contributed by atoms with van der Waals surface area (Å²) in [5.41, 5.74) is 0.838. The molecular weight excluding hydrogens is 340 g/mol. The first-order valence-corrected chi connectivity index (χ1v) is 7.94. The maximum atomic E-state index is 12.7. The molecule has 1 atom stereocenters. The zero-order valence-corrected chi connectivity index (χ0v) is 15.0. The summed E-state index contributed by atoms with van der Waals surface area (Å²) in [7, 11) is 5.80. The number of ether oxygens (including phenoxy) is 5. The molecule has 1 N–H and O–H groups in total. The van der Waals surface area contributed by atoms with Gasteiger partial charge in [-0.15, -0.1) is 0 Å². The molecule has 0 unspecified atom stereocenters. The molecule has 0 amide bonds. The van der Waals surface area contributed by atoms with Gasteiger partial charge in [-0.25, -0.2) is 0 Å². The number of hydrogen-bond donors (Lipinski definition) is 1. The van der Waals surface area contributed by atoms with Crippen molar-refractivity contribution >= 4 is 5.78 Å². The van der Waals surface area contributed by atoms with E-state index in [1.165, 1.54) is 21.3 Å². The summed E-state index contributed by atoms with van der Waals surface area (Å²) in [6.45, 7) is 0. The number of benzene rings is 2. The Morgan fingerprint density at radius 1 is 0.923 bits per heavy atom. The molecule has 1 aliphatic rings. The number of rotatable bonds is 5. The van der Waals surface area contributed by atoms with E-state index in [1.807, 2.05) is 12.1 Å². The predicted molar refractivity (Wildman–Crippen MR) is 93.1 cm³/mol. The fraction of sp³-hybridized carbons (Fsp3) is 0.316. The number of Topliss-reactive ketones (excluding diaryl/α,β-unsaturated/α-hetero) is 1. The van der Waals surface area contributed by atoms with E-state index in [4.69, 9.17) is 23.7 Å². The summed E-state index contributed by atoms with van der Waals surface area (Å²) in [5.74, 6) is 0.640. The second kappa shape index (κ2) is 7.03. The normalized spacial score (nSPS) is 15.7. The second-order valence-corrected chi connectivity index (χ2v) is 5.66. The minimum Gasteiger partial charge on any atom is -0.504 e. The molecule has 2 aromatic carbocycles. The predicted octanol–water partition coefficient (Wildman–Crippen LogP) is 3.13. The van der Waals surface area contributed by atoms with Crippen LogP contribution in [-0.4, -0.2) is 39.3 Å². The van der Waals surface area contributed by atoms with E-state index in [9.17, 15) is 9.90 Å². The molecule has 1 aliphatic heterocycles. The van der Waals surface area contributed by atoms with Crippen LogP contribution < -0.4 is 23.7 Å². The molecule has 0 aromatic heterocycles. The maximum absolute atomic E-state index is 12.7. The van der Waals surface area contributed by atoms with E-state index in [0.29, 0.717) is 5.75 Å². The Morgan fingerprint density at radius 2 is 1.54 bits per heavy atom. The number of hydrogen-bond acceptors (Lipinski definition) is 7. The lowest BCUT2D eigenvalue weighted by atomic mass is 9.94. The van der Waals surface area contributed by atoms with Gasteiger partial charge in [-0.05, 0) is 17.7 Å². The van der Waals surface area contributed by atoms with Crippen LogP contribution in [0, 0.1) is 0 Å². The van der Waals surface area contributed by atoms with Gasteiger partial charge in [0.05, 0.1) is 34.9 Å². The van der Waals surface area contributed by atoms with Gasteiger partial charge in [-0.3, -0.25) is 4.79 Å². The van der Waals surface area contributed by atoms with Crippen LogP contribution >= 0.6 is 0 Å². The molecular formula is C19H20O7. The van der Waals surface area contributed by atoms with Crippen molar-refractivity contribution in [2.45, 2.75) is 12.5 Å². The SMILES string of the molecule is COc1ccc([C@H]2CC(=O)c3c(O)c(OC)c(OC)c(OC)c3O2)cc1. The van der Waals surface area contributed by atoms with Gasteiger partial charge in [0.25, 0.3) is 0 Å². The van der Waals surface area contributed by atoms with Gasteiger partial charge in [0, 0.05) is 0 Å². The van der Waals surface area contributed by atoms with Crippen LogP contribution in [0.4, 0.5) is 0 Å². The van der Waals surface area contributed by atoms with Crippen LogP contribution in [0.15, 0.2) is 24.3 Å². The Balaban J connectivity index is 2.11. The molecule has 0 radical (unpaired) electrons. The van der Waals surface area contributed by atoms with Gasteiger partial charge in [-0.1, -0.05) is 12.1 Å². The van der Waals surface area contributed by atoms with Gasteiger partial charge in [0.1, 0.15) is 17.4 Å². The highest BCUT2D eigenvalue weighted by molar-refractivity contribution is 6.05. The smallest absolute Gasteiger partial charge is 0.211 e. The Hall–Kier alpha value is -3.09. The van der Waals surface area contributed by atoms with Gasteiger partial charge in [0.15, 0.2) is 17.3 Å². The Kier molecular flexibility index (Phi) is 4.79. The third-order valence-corrected chi connectivity index (χ3v) is 4.31. The molecule has 0 aliphatic carbocycles. The molecule has 0 spiro atoms. The summed E-state index contributed by atoms with van der Waals surface area (Å²) in [6.07, 6.45) is -0.446. The molecule has 0 bridgehead atoms. The topological polar surface area (TPSA) is 83.5 Å². The highest BCUT2D eigenvalue weighted by atomic mass is 16.6. The van der Waals surface area contributed by atoms with Crippen molar-refractivity contribution in [3.05, 3.63) is 35.4 Å². The largest absolute Gasteiger partial charge is 0.504 e. The van der Waals surface area contributed by atoms with Crippen molar-refractivity contribution in [3.63, 3.8) is 0 Å². The van der Waals surface area contributed by atoms with Gasteiger partial charge in [0.2, 0.25) is 17.2 Å². The summed E-state index contributed by atoms with van der Waals surface area (Å²) in [5, 5.41) is 10.5. The third kappa shape index (κ3) is 2.75. The van der Waals surface area contributed by atoms with Crippen LogP contribution in [0.1, 0.15) is 28.4 Å². The van der Waals surface area contributed by atoms with E-state index in [1.54, 1.807) is 19.2 Å². The monoisotopic (exact) mass is 360 g/mol. The van der Waals surface area contributed by atoms with Gasteiger partial charge < -0.3 is 28.8 Å². The van der Waals surface area contributed by atoms with Gasteiger partial charge >= 0.3 is 0 Å². The molecule has 2 aromatic rings. The summed E-state index contributed by atoms with van der Waals surface area (Å²) < 4.78 is 27.0. The van der Waals surface area contributed by atoms with Crippen molar-refractivity contribution in [1.82, 2.24) is 0 Å². The number of ketones is 1. The van der Waals surface area contributed by atoms with Crippen LogP contribution in [0.3, 0.4) is 0 Å². The number of phenolic OH excluding ortho intramolecular Hbond substituents is 1. The maximum Gasteiger partial charge on any atom is 0.211 e. The number of methoxy groups -OCH3 is 4. The molecule has 7 nitrogen and oxygen atoms in total. The number of fused-ring (bicyclic) bond motifs is 1. The molecule has 1 heterocycles. The lowest BCUT2D eigenvalue weighted by Gasteiger charge is -2.29. The van der Waals surface area contributed by atoms with E-state index >= 15 is 0 Å². The third-order valence-electron chi connectivity index (χ3n) is 4.31. The summed E-state index contributed by atoms with van der Waals surface area (Å²) >= 11 is 0. The van der Waals surface area contributed by atoms with Crippen LogP contribution in [0.2, 0.25) is 0 Å². The molecule has 26 heavy (non-hydrogen) atoms. The standard InChI is InChI=1S/C19H20O7/c1-22-11-7-5-10(6-8-11)13-9-12(20)14-15(21)17(23-2)19(25-4)18(24-3)16(14)26-13/h5-8,13,21H,9H2,1-4H3/t13-/m1/s1. The number of phenols is 1. The average molecular weight is 360 g/mol. The Labute approximate surface area is 151 Å². The first-order chi connectivity index (χ1) is 12.5. The first kappa shape index (κ1) is 17.7. The van der Waals surface area contributed by atoms with Crippen molar-refractivity contribution in [2.75, 3.05) is 28.4 Å². The van der Waals surface area contributed by atoms with Crippen molar-refractivity contribution in [1.29, 1.82) is 0 Å². The highest BCUT2D eigenvalue weighted by Gasteiger charge is 2.37. The molecule has 7 heteroatoms. The Morgan fingerprint density at radius 3 is 2.08 bits per heavy atom. The van der Waals surface area contributed by atoms with Gasteiger partial charge in [-0.2, -0.15) is 0 Å². The quantitative estimate of drug-likeness (QED) is 0.877. The minimum atomic E-state index is -0.521. The molecule has 0 saturated heterocycles. The number of aromatic hydroxyl groups is 1. The fourth-order valence-corrected chi connectivity index (χ4v) is 3.04. The highest BCUT2D eigenvalue weighted by Crippen LogP contribution is 2.56. The van der Waals surface area contributed by atoms with Crippen LogP contribution in [0.5, 0.6) is 34.5 Å². The average Bonchev–Trinajstić information content (AvgIpc) is 2.67. The number of carbonyl (C=O) groups is 1.